The topological polar surface area (TPSA) is 106 Å². The van der Waals surface area contributed by atoms with Gasteiger partial charge in [0.1, 0.15) is 29.2 Å². The number of benzene rings is 2. The fourth-order valence-electron chi connectivity index (χ4n) is 4.59. The van der Waals surface area contributed by atoms with Crippen molar-refractivity contribution < 1.29 is 19.0 Å². The van der Waals surface area contributed by atoms with Gasteiger partial charge in [0.25, 0.3) is 0 Å². The molecule has 0 spiro atoms. The summed E-state index contributed by atoms with van der Waals surface area (Å²) in [6.45, 7) is 4.33. The molecule has 38 heavy (non-hydrogen) atoms. The molecule has 0 aliphatic carbocycles. The van der Waals surface area contributed by atoms with Crippen LogP contribution in [0, 0.1) is 18.7 Å². The van der Waals surface area contributed by atoms with E-state index in [-0.39, 0.29) is 5.82 Å². The number of anilines is 1. The number of hydrogen-bond acceptors (Lipinski definition) is 9. The SMILES string of the molecule is COC(O)N1CCC(COc2cc(-c3ccc(F)cc3)cc3c(NCc4ccc(C)nn4)ncnc23)CC1. The Morgan fingerprint density at radius 2 is 1.84 bits per heavy atom. The normalized spacial score (nSPS) is 15.5. The average molecular weight is 519 g/mol. The lowest BCUT2D eigenvalue weighted by Crippen LogP contribution is -2.43. The molecule has 0 saturated carbocycles. The Hall–Kier alpha value is -3.73. The number of hydrogen-bond donors (Lipinski definition) is 2. The van der Waals surface area contributed by atoms with Crippen LogP contribution in [0.1, 0.15) is 24.2 Å². The van der Waals surface area contributed by atoms with E-state index in [1.165, 1.54) is 25.6 Å². The summed E-state index contributed by atoms with van der Waals surface area (Å²) >= 11 is 0. The molecule has 4 aromatic rings. The van der Waals surface area contributed by atoms with E-state index in [4.69, 9.17) is 9.47 Å². The first-order valence-corrected chi connectivity index (χ1v) is 12.7. The summed E-state index contributed by atoms with van der Waals surface area (Å²) in [7, 11) is 1.50. The maximum absolute atomic E-state index is 13.6. The average Bonchev–Trinajstić information content (AvgIpc) is 2.95. The van der Waals surface area contributed by atoms with Crippen molar-refractivity contribution in [1.29, 1.82) is 0 Å². The van der Waals surface area contributed by atoms with Gasteiger partial charge in [-0.3, -0.25) is 4.90 Å². The summed E-state index contributed by atoms with van der Waals surface area (Å²) in [6.07, 6.45) is 2.41. The summed E-state index contributed by atoms with van der Waals surface area (Å²) in [5.74, 6) is 1.33. The number of aliphatic hydroxyl groups is 1. The van der Waals surface area contributed by atoms with Crippen LogP contribution in [0.5, 0.6) is 5.75 Å². The minimum atomic E-state index is -0.873. The predicted molar refractivity (Wildman–Crippen MR) is 142 cm³/mol. The van der Waals surface area contributed by atoms with E-state index in [0.29, 0.717) is 36.2 Å². The van der Waals surface area contributed by atoms with Gasteiger partial charge < -0.3 is 19.9 Å². The highest BCUT2D eigenvalue weighted by Crippen LogP contribution is 2.35. The van der Waals surface area contributed by atoms with E-state index in [2.05, 4.69) is 25.5 Å². The number of ether oxygens (including phenoxy) is 2. The van der Waals surface area contributed by atoms with Crippen LogP contribution in [0.25, 0.3) is 22.0 Å². The maximum Gasteiger partial charge on any atom is 0.215 e. The number of aryl methyl sites for hydroxylation is 1. The lowest BCUT2D eigenvalue weighted by Gasteiger charge is -2.33. The highest BCUT2D eigenvalue weighted by molar-refractivity contribution is 5.96. The predicted octanol–water partition coefficient (Wildman–Crippen LogP) is 4.16. The number of methoxy groups -OCH3 is 1. The van der Waals surface area contributed by atoms with Gasteiger partial charge in [0.05, 0.1) is 24.5 Å². The zero-order chi connectivity index (χ0) is 26.5. The van der Waals surface area contributed by atoms with Crippen molar-refractivity contribution in [2.45, 2.75) is 32.7 Å². The fourth-order valence-corrected chi connectivity index (χ4v) is 4.59. The largest absolute Gasteiger partial charge is 0.491 e. The van der Waals surface area contributed by atoms with Crippen molar-refractivity contribution in [3.05, 3.63) is 72.1 Å². The molecule has 1 aliphatic heterocycles. The number of aromatic nitrogens is 4. The minimum Gasteiger partial charge on any atom is -0.491 e. The Kier molecular flexibility index (Phi) is 8.02. The summed E-state index contributed by atoms with van der Waals surface area (Å²) in [6, 6.07) is 14.2. The third-order valence-corrected chi connectivity index (χ3v) is 6.82. The number of halogens is 1. The van der Waals surface area contributed by atoms with Crippen LogP contribution in [-0.2, 0) is 11.3 Å². The molecule has 1 saturated heterocycles. The molecule has 3 heterocycles. The zero-order valence-corrected chi connectivity index (χ0v) is 21.5. The summed E-state index contributed by atoms with van der Waals surface area (Å²) < 4.78 is 25.0. The third kappa shape index (κ3) is 6.04. The second kappa shape index (κ2) is 11.8. The Morgan fingerprint density at radius 1 is 1.05 bits per heavy atom. The van der Waals surface area contributed by atoms with Crippen LogP contribution in [0.2, 0.25) is 0 Å². The van der Waals surface area contributed by atoms with E-state index >= 15 is 0 Å². The first-order chi connectivity index (χ1) is 18.5. The van der Waals surface area contributed by atoms with Gasteiger partial charge in [-0.15, -0.1) is 0 Å². The lowest BCUT2D eigenvalue weighted by atomic mass is 9.98. The summed E-state index contributed by atoms with van der Waals surface area (Å²) in [5, 5.41) is 22.4. The molecule has 1 fully saturated rings. The molecule has 9 nitrogen and oxygen atoms in total. The van der Waals surface area contributed by atoms with E-state index in [0.717, 1.165) is 53.8 Å². The summed E-state index contributed by atoms with van der Waals surface area (Å²) in [5.41, 5.74) is 4.07. The summed E-state index contributed by atoms with van der Waals surface area (Å²) in [4.78, 5) is 10.9. The molecule has 10 heteroatoms. The van der Waals surface area contributed by atoms with Crippen LogP contribution >= 0.6 is 0 Å². The Morgan fingerprint density at radius 3 is 2.55 bits per heavy atom. The second-order valence-corrected chi connectivity index (χ2v) is 9.47. The number of rotatable bonds is 9. The van der Waals surface area contributed by atoms with E-state index in [1.807, 2.05) is 36.1 Å². The number of likely N-dealkylation sites (tertiary alicyclic amines) is 1. The van der Waals surface area contributed by atoms with Crippen molar-refractivity contribution >= 4 is 16.7 Å². The van der Waals surface area contributed by atoms with E-state index < -0.39 is 6.41 Å². The fraction of sp³-hybridized carbons (Fsp3) is 0.357. The van der Waals surface area contributed by atoms with Gasteiger partial charge in [-0.1, -0.05) is 12.1 Å². The first kappa shape index (κ1) is 25.9. The Balaban J connectivity index is 1.41. The van der Waals surface area contributed by atoms with Gasteiger partial charge >= 0.3 is 0 Å². The molecule has 0 bridgehead atoms. The number of aliphatic hydroxyl groups excluding tert-OH is 1. The minimum absolute atomic E-state index is 0.291. The van der Waals surface area contributed by atoms with Gasteiger partial charge in [0, 0.05) is 25.6 Å². The van der Waals surface area contributed by atoms with Crippen molar-refractivity contribution in [3.8, 4) is 16.9 Å². The highest BCUT2D eigenvalue weighted by atomic mass is 19.1. The second-order valence-electron chi connectivity index (χ2n) is 9.47. The van der Waals surface area contributed by atoms with Crippen LogP contribution in [-0.4, -0.2) is 63.4 Å². The molecule has 198 valence electrons. The lowest BCUT2D eigenvalue weighted by molar-refractivity contribution is -0.184. The number of nitrogens with one attached hydrogen (secondary N) is 1. The van der Waals surface area contributed by atoms with Crippen molar-refractivity contribution in [1.82, 2.24) is 25.1 Å². The molecule has 2 N–H and O–H groups in total. The molecule has 1 unspecified atom stereocenters. The monoisotopic (exact) mass is 518 g/mol. The van der Waals surface area contributed by atoms with Gasteiger partial charge in [0.15, 0.2) is 0 Å². The van der Waals surface area contributed by atoms with Crippen LogP contribution in [0.3, 0.4) is 0 Å². The third-order valence-electron chi connectivity index (χ3n) is 6.82. The highest BCUT2D eigenvalue weighted by Gasteiger charge is 2.24. The van der Waals surface area contributed by atoms with Gasteiger partial charge in [0.2, 0.25) is 6.41 Å². The molecular weight excluding hydrogens is 487 g/mol. The van der Waals surface area contributed by atoms with Crippen LogP contribution in [0.4, 0.5) is 10.2 Å². The number of nitrogens with zero attached hydrogens (tertiary/aromatic N) is 5. The van der Waals surface area contributed by atoms with E-state index in [9.17, 15) is 9.50 Å². The first-order valence-electron chi connectivity index (χ1n) is 12.7. The van der Waals surface area contributed by atoms with Gasteiger partial charge in [-0.2, -0.15) is 10.2 Å². The Bertz CT molecular complexity index is 1360. The molecule has 1 aliphatic rings. The smallest absolute Gasteiger partial charge is 0.215 e. The number of piperidine rings is 1. The van der Waals surface area contributed by atoms with Crippen molar-refractivity contribution in [2.24, 2.45) is 5.92 Å². The molecule has 1 atom stereocenters. The number of fused-ring (bicyclic) bond motifs is 1. The van der Waals surface area contributed by atoms with Crippen LogP contribution in [0.15, 0.2) is 54.9 Å². The Labute approximate surface area is 220 Å². The van der Waals surface area contributed by atoms with Crippen molar-refractivity contribution in [2.75, 3.05) is 32.1 Å². The molecular formula is C28H31FN6O3. The van der Waals surface area contributed by atoms with Crippen LogP contribution < -0.4 is 10.1 Å². The standard InChI is InChI=1S/C28H31FN6O3/c1-18-3-8-23(34-33-18)15-30-27-24-13-21(20-4-6-22(29)7-5-20)14-25(26(24)31-17-32-27)38-16-19-9-11-35(12-10-19)28(36)37-2/h3-8,13-14,17,19,28,36H,9-12,15-16H2,1-2H3,(H,30,31,32). The van der Waals surface area contributed by atoms with Crippen molar-refractivity contribution in [3.63, 3.8) is 0 Å². The molecule has 5 rings (SSSR count). The quantitative estimate of drug-likeness (QED) is 0.316. The molecule has 0 radical (unpaired) electrons. The van der Waals surface area contributed by atoms with Gasteiger partial charge in [-0.05, 0) is 73.2 Å². The van der Waals surface area contributed by atoms with E-state index in [1.54, 1.807) is 12.1 Å². The molecule has 0 amide bonds. The maximum atomic E-state index is 13.6. The molecule has 2 aromatic carbocycles. The van der Waals surface area contributed by atoms with Gasteiger partial charge in [-0.25, -0.2) is 14.4 Å². The zero-order valence-electron chi connectivity index (χ0n) is 21.5. The molecule has 2 aromatic heterocycles.